The lowest BCUT2D eigenvalue weighted by molar-refractivity contribution is 0.0995. The molecule has 0 saturated carbocycles. The number of hydrogen-bond donors (Lipinski definition) is 0. The second-order valence-corrected chi connectivity index (χ2v) is 5.60. The van der Waals surface area contributed by atoms with Crippen molar-refractivity contribution in [2.24, 2.45) is 0 Å². The molecule has 0 radical (unpaired) electrons. The van der Waals surface area contributed by atoms with Crippen molar-refractivity contribution in [3.05, 3.63) is 23.0 Å². The van der Waals surface area contributed by atoms with Crippen LogP contribution >= 0.6 is 15.9 Å². The van der Waals surface area contributed by atoms with Crippen LogP contribution in [-0.2, 0) is 0 Å². The van der Waals surface area contributed by atoms with Gasteiger partial charge in [-0.3, -0.25) is 4.79 Å². The first kappa shape index (κ1) is 12.5. The number of ketones is 1. The molecule has 84 valence electrons. The van der Waals surface area contributed by atoms with E-state index in [2.05, 4.69) is 34.3 Å². The lowest BCUT2D eigenvalue weighted by atomic mass is 10.1. The zero-order chi connectivity index (χ0) is 11.7. The van der Waals surface area contributed by atoms with Crippen LogP contribution in [0.4, 0.5) is 0 Å². The van der Waals surface area contributed by atoms with Crippen LogP contribution in [0.2, 0.25) is 0 Å². The Morgan fingerprint density at radius 2 is 1.87 bits per heavy atom. The quantitative estimate of drug-likeness (QED) is 0.608. The van der Waals surface area contributed by atoms with Gasteiger partial charge in [-0.2, -0.15) is 0 Å². The third-order valence-corrected chi connectivity index (χ3v) is 3.04. The first-order valence-corrected chi connectivity index (χ1v) is 6.14. The Kier molecular flexibility index (Phi) is 3.77. The Morgan fingerprint density at radius 1 is 1.33 bits per heavy atom. The monoisotopic (exact) mass is 271 g/mol. The number of hydrogen-bond acceptors (Lipinski definition) is 1. The lowest BCUT2D eigenvalue weighted by Gasteiger charge is -2.13. The van der Waals surface area contributed by atoms with E-state index in [4.69, 9.17) is 0 Å². The minimum atomic E-state index is -0.112. The van der Waals surface area contributed by atoms with Crippen LogP contribution in [0.15, 0.2) is 6.07 Å². The zero-order valence-electron chi connectivity index (χ0n) is 9.97. The third kappa shape index (κ3) is 2.33. The molecule has 1 aromatic rings. The number of aromatic nitrogens is 1. The number of halogens is 1. The first-order chi connectivity index (χ1) is 6.86. The number of alkyl halides is 1. The van der Waals surface area contributed by atoms with Crippen LogP contribution in [0.3, 0.4) is 0 Å². The predicted octanol–water partition coefficient (Wildman–Crippen LogP) is 3.65. The van der Waals surface area contributed by atoms with Gasteiger partial charge in [0.1, 0.15) is 0 Å². The molecule has 0 N–H and O–H groups in total. The molecular formula is C12H18BrNO. The van der Waals surface area contributed by atoms with Crippen molar-refractivity contribution in [3.63, 3.8) is 0 Å². The zero-order valence-corrected chi connectivity index (χ0v) is 11.6. The molecule has 0 aliphatic heterocycles. The largest absolute Gasteiger partial charge is 0.346 e. The van der Waals surface area contributed by atoms with E-state index in [0.717, 1.165) is 17.0 Å². The summed E-state index contributed by atoms with van der Waals surface area (Å²) in [6.07, 6.45) is 0. The Morgan fingerprint density at radius 3 is 2.20 bits per heavy atom. The highest BCUT2D eigenvalue weighted by molar-refractivity contribution is 9.10. The Hall–Kier alpha value is -0.570. The predicted molar refractivity (Wildman–Crippen MR) is 67.0 cm³/mol. The maximum Gasteiger partial charge on any atom is 0.177 e. The Labute approximate surface area is 99.8 Å². The second-order valence-electron chi connectivity index (χ2n) is 4.23. The van der Waals surface area contributed by atoms with Crippen LogP contribution in [0.25, 0.3) is 0 Å². The summed E-state index contributed by atoms with van der Waals surface area (Å²) in [4.78, 5) is 11.8. The lowest BCUT2D eigenvalue weighted by Crippen LogP contribution is -2.12. The van der Waals surface area contributed by atoms with Crippen molar-refractivity contribution in [2.75, 3.05) is 0 Å². The van der Waals surface area contributed by atoms with Gasteiger partial charge in [0, 0.05) is 23.0 Å². The molecule has 15 heavy (non-hydrogen) atoms. The average Bonchev–Trinajstić information content (AvgIpc) is 2.40. The summed E-state index contributed by atoms with van der Waals surface area (Å²) in [5.41, 5.74) is 3.06. The topological polar surface area (TPSA) is 22.0 Å². The van der Waals surface area contributed by atoms with Crippen molar-refractivity contribution in [1.29, 1.82) is 0 Å². The highest BCUT2D eigenvalue weighted by atomic mass is 79.9. The molecular weight excluding hydrogens is 254 g/mol. The van der Waals surface area contributed by atoms with Gasteiger partial charge in [0.05, 0.1) is 4.83 Å². The summed E-state index contributed by atoms with van der Waals surface area (Å²) in [6, 6.07) is 2.38. The molecule has 2 nitrogen and oxygen atoms in total. The maximum absolute atomic E-state index is 11.9. The van der Waals surface area contributed by atoms with Crippen LogP contribution in [0, 0.1) is 13.8 Å². The average molecular weight is 272 g/mol. The van der Waals surface area contributed by atoms with Crippen LogP contribution in [0.1, 0.15) is 48.6 Å². The number of carbonyl (C=O) groups is 1. The van der Waals surface area contributed by atoms with E-state index in [1.807, 2.05) is 26.8 Å². The van der Waals surface area contributed by atoms with Crippen molar-refractivity contribution < 1.29 is 4.79 Å². The number of aryl methyl sites for hydroxylation is 1. The van der Waals surface area contributed by atoms with Gasteiger partial charge in [-0.25, -0.2) is 0 Å². The molecule has 0 spiro atoms. The SMILES string of the molecule is Cc1cc(C(=O)C(C)Br)c(C)n1C(C)C. The Bertz CT molecular complexity index is 377. The van der Waals surface area contributed by atoms with E-state index in [-0.39, 0.29) is 10.6 Å². The Balaban J connectivity index is 3.24. The summed E-state index contributed by atoms with van der Waals surface area (Å²) < 4.78 is 2.20. The van der Waals surface area contributed by atoms with Gasteiger partial charge in [0.15, 0.2) is 5.78 Å². The van der Waals surface area contributed by atoms with Crippen molar-refractivity contribution >= 4 is 21.7 Å². The van der Waals surface area contributed by atoms with Gasteiger partial charge in [0.2, 0.25) is 0 Å². The molecule has 1 atom stereocenters. The molecule has 0 aromatic carbocycles. The van der Waals surface area contributed by atoms with Crippen molar-refractivity contribution in [1.82, 2.24) is 4.57 Å². The molecule has 0 aliphatic carbocycles. The normalized spacial score (nSPS) is 13.3. The molecule has 1 rings (SSSR count). The molecule has 1 heterocycles. The first-order valence-electron chi connectivity index (χ1n) is 5.23. The molecule has 3 heteroatoms. The van der Waals surface area contributed by atoms with Gasteiger partial charge < -0.3 is 4.57 Å². The maximum atomic E-state index is 11.9. The van der Waals surface area contributed by atoms with Gasteiger partial charge in [-0.05, 0) is 40.7 Å². The van der Waals surface area contributed by atoms with E-state index < -0.39 is 0 Å². The van der Waals surface area contributed by atoms with E-state index in [9.17, 15) is 4.79 Å². The summed E-state index contributed by atoms with van der Waals surface area (Å²) in [7, 11) is 0. The van der Waals surface area contributed by atoms with Crippen molar-refractivity contribution in [2.45, 2.75) is 45.5 Å². The molecule has 0 saturated heterocycles. The third-order valence-electron chi connectivity index (χ3n) is 2.63. The summed E-state index contributed by atoms with van der Waals surface area (Å²) in [5, 5.41) is 0. The van der Waals surface area contributed by atoms with E-state index in [1.165, 1.54) is 0 Å². The summed E-state index contributed by atoms with van der Waals surface area (Å²) in [5.74, 6) is 0.162. The fraction of sp³-hybridized carbons (Fsp3) is 0.583. The van der Waals surface area contributed by atoms with Crippen LogP contribution in [0.5, 0.6) is 0 Å². The molecule has 0 bridgehead atoms. The van der Waals surface area contributed by atoms with E-state index in [0.29, 0.717) is 6.04 Å². The highest BCUT2D eigenvalue weighted by Gasteiger charge is 2.19. The van der Waals surface area contributed by atoms with Gasteiger partial charge >= 0.3 is 0 Å². The number of rotatable bonds is 3. The summed E-state index contributed by atoms with van der Waals surface area (Å²) >= 11 is 3.32. The fourth-order valence-electron chi connectivity index (χ4n) is 2.04. The molecule has 1 unspecified atom stereocenters. The van der Waals surface area contributed by atoms with Gasteiger partial charge in [0.25, 0.3) is 0 Å². The van der Waals surface area contributed by atoms with Crippen LogP contribution < -0.4 is 0 Å². The highest BCUT2D eigenvalue weighted by Crippen LogP contribution is 2.22. The molecule has 0 aliphatic rings. The standard InChI is InChI=1S/C12H18BrNO/c1-7(2)14-8(3)6-11(10(14)5)12(15)9(4)13/h6-7,9H,1-5H3. The number of nitrogens with zero attached hydrogens (tertiary/aromatic N) is 1. The summed E-state index contributed by atoms with van der Waals surface area (Å²) in [6.45, 7) is 10.2. The number of carbonyl (C=O) groups excluding carboxylic acids is 1. The smallest absolute Gasteiger partial charge is 0.177 e. The van der Waals surface area contributed by atoms with E-state index >= 15 is 0 Å². The van der Waals surface area contributed by atoms with Gasteiger partial charge in [-0.15, -0.1) is 0 Å². The molecule has 0 amide bonds. The van der Waals surface area contributed by atoms with Crippen molar-refractivity contribution in [3.8, 4) is 0 Å². The van der Waals surface area contributed by atoms with E-state index in [1.54, 1.807) is 0 Å². The van der Waals surface area contributed by atoms with Crippen LogP contribution in [-0.4, -0.2) is 15.2 Å². The minimum Gasteiger partial charge on any atom is -0.346 e. The minimum absolute atomic E-state index is 0.112. The number of Topliss-reactive ketones (excluding diaryl/α,β-unsaturated/α-hetero) is 1. The van der Waals surface area contributed by atoms with Gasteiger partial charge in [-0.1, -0.05) is 15.9 Å². The second kappa shape index (κ2) is 4.52. The fourth-order valence-corrected chi connectivity index (χ4v) is 2.28. The molecule has 0 fully saturated rings. The molecule has 1 aromatic heterocycles.